The minimum Gasteiger partial charge on any atom is -0.493 e. The van der Waals surface area contributed by atoms with E-state index < -0.39 is 41.9 Å². The molecule has 6 nitrogen and oxygen atoms in total. The van der Waals surface area contributed by atoms with Gasteiger partial charge in [-0.25, -0.2) is 13.8 Å². The van der Waals surface area contributed by atoms with E-state index >= 15 is 0 Å². The number of benzene rings is 2. The van der Waals surface area contributed by atoms with Crippen molar-refractivity contribution in [3.8, 4) is 17.0 Å². The van der Waals surface area contributed by atoms with E-state index in [1.54, 1.807) is 0 Å². The highest BCUT2D eigenvalue weighted by Crippen LogP contribution is 2.41. The van der Waals surface area contributed by atoms with E-state index in [4.69, 9.17) is 9.47 Å². The zero-order chi connectivity index (χ0) is 27.2. The van der Waals surface area contributed by atoms with Crippen molar-refractivity contribution in [2.75, 3.05) is 18.1 Å². The maximum Gasteiger partial charge on any atom is 0.420 e. The lowest BCUT2D eigenvalue weighted by atomic mass is 10.1. The first kappa shape index (κ1) is 28.0. The van der Waals surface area contributed by atoms with Crippen LogP contribution < -0.4 is 9.64 Å². The molecule has 3 rings (SSSR count). The molecule has 1 aromatic heterocycles. The molecule has 2 aromatic carbocycles. The third-order valence-corrected chi connectivity index (χ3v) is 5.91. The molecule has 0 fully saturated rings. The molecule has 0 aliphatic carbocycles. The van der Waals surface area contributed by atoms with Crippen LogP contribution in [-0.2, 0) is 20.5 Å². The number of thiazole rings is 1. The lowest BCUT2D eigenvalue weighted by Crippen LogP contribution is -2.30. The number of alkyl halides is 3. The molecule has 0 N–H and O–H groups in total. The minimum atomic E-state index is -4.79. The molecule has 12 heteroatoms. The van der Waals surface area contributed by atoms with Gasteiger partial charge in [0.05, 0.1) is 23.6 Å². The highest BCUT2D eigenvalue weighted by molar-refractivity contribution is 7.14. The lowest BCUT2D eigenvalue weighted by molar-refractivity contribution is -0.145. The van der Waals surface area contributed by atoms with Gasteiger partial charge < -0.3 is 9.47 Å². The number of amides is 1. The van der Waals surface area contributed by atoms with Crippen LogP contribution in [0.2, 0.25) is 0 Å². The van der Waals surface area contributed by atoms with Crippen LogP contribution in [0.25, 0.3) is 11.3 Å². The molecule has 0 bridgehead atoms. The summed E-state index contributed by atoms with van der Waals surface area (Å²) >= 11 is 0.882. The van der Waals surface area contributed by atoms with Gasteiger partial charge in [0, 0.05) is 17.9 Å². The highest BCUT2D eigenvalue weighted by Gasteiger charge is 2.36. The van der Waals surface area contributed by atoms with Gasteiger partial charge in [0.15, 0.2) is 23.4 Å². The Balaban J connectivity index is 2.02. The summed E-state index contributed by atoms with van der Waals surface area (Å²) in [7, 11) is 0. The molecule has 1 heterocycles. The molecule has 0 saturated heterocycles. The average molecular weight is 543 g/mol. The predicted molar refractivity (Wildman–Crippen MR) is 128 cm³/mol. The molecule has 0 spiro atoms. The minimum absolute atomic E-state index is 0.0679. The Labute approximate surface area is 213 Å². The zero-order valence-electron chi connectivity index (χ0n) is 19.9. The quantitative estimate of drug-likeness (QED) is 0.158. The second kappa shape index (κ2) is 12.1. The number of nitrogens with zero attached hydrogens (tertiary/aromatic N) is 2. The van der Waals surface area contributed by atoms with Crippen LogP contribution in [0.5, 0.6) is 5.75 Å². The maximum absolute atomic E-state index is 13.9. The Hall–Kier alpha value is -3.54. The fourth-order valence-electron chi connectivity index (χ4n) is 3.28. The normalized spacial score (nSPS) is 11.3. The number of hydrogen-bond acceptors (Lipinski definition) is 6. The molecule has 0 saturated carbocycles. The van der Waals surface area contributed by atoms with Crippen LogP contribution in [0, 0.1) is 11.6 Å². The summed E-state index contributed by atoms with van der Waals surface area (Å²) in [6.07, 6.45) is -2.55. The van der Waals surface area contributed by atoms with Gasteiger partial charge in [-0.05, 0) is 42.8 Å². The number of aromatic nitrogens is 1. The second-order valence-corrected chi connectivity index (χ2v) is 8.72. The van der Waals surface area contributed by atoms with Crippen molar-refractivity contribution >= 4 is 34.0 Å². The van der Waals surface area contributed by atoms with E-state index in [9.17, 15) is 31.5 Å². The molecule has 198 valence electrons. The molecular formula is C25H23F5N2O4S. The van der Waals surface area contributed by atoms with Gasteiger partial charge in [-0.2, -0.15) is 13.2 Å². The van der Waals surface area contributed by atoms with Crippen molar-refractivity contribution in [2.24, 2.45) is 0 Å². The third kappa shape index (κ3) is 7.25. The van der Waals surface area contributed by atoms with Crippen molar-refractivity contribution in [1.29, 1.82) is 0 Å². The standard InChI is InChI=1S/C25H23F5N2O4S/c1-3-4-5-10-35-22-9-7-17(12-18(22)25(28,29)30)32(23(34)13-36-15(2)33)24-31-21(14-37-24)16-6-8-19(26)20(27)11-16/h6-9,11-12,14H,3-5,10,13H2,1-2H3. The van der Waals surface area contributed by atoms with Crippen LogP contribution in [0.3, 0.4) is 0 Å². The molecule has 0 radical (unpaired) electrons. The Morgan fingerprint density at radius 2 is 1.81 bits per heavy atom. The molecule has 0 aliphatic heterocycles. The first-order chi connectivity index (χ1) is 17.5. The lowest BCUT2D eigenvalue weighted by Gasteiger charge is -2.22. The van der Waals surface area contributed by atoms with Crippen LogP contribution in [0.1, 0.15) is 38.7 Å². The first-order valence-corrected chi connectivity index (χ1v) is 12.1. The Kier molecular flexibility index (Phi) is 9.19. The maximum atomic E-state index is 13.9. The fourth-order valence-corrected chi connectivity index (χ4v) is 4.15. The zero-order valence-corrected chi connectivity index (χ0v) is 20.7. The van der Waals surface area contributed by atoms with Crippen molar-refractivity contribution < 1.29 is 41.0 Å². The summed E-state index contributed by atoms with van der Waals surface area (Å²) in [5.41, 5.74) is -0.933. The van der Waals surface area contributed by atoms with E-state index in [0.717, 1.165) is 60.3 Å². The van der Waals surface area contributed by atoms with E-state index in [-0.39, 0.29) is 34.4 Å². The summed E-state index contributed by atoms with van der Waals surface area (Å²) in [6, 6.07) is 6.21. The summed E-state index contributed by atoms with van der Waals surface area (Å²) in [4.78, 5) is 29.3. The summed E-state index contributed by atoms with van der Waals surface area (Å²) < 4.78 is 78.8. The van der Waals surface area contributed by atoms with Gasteiger partial charge in [0.2, 0.25) is 0 Å². The number of hydrogen-bond donors (Lipinski definition) is 0. The fraction of sp³-hybridized carbons (Fsp3) is 0.320. The molecule has 1 amide bonds. The number of unbranched alkanes of at least 4 members (excludes halogenated alkanes) is 2. The van der Waals surface area contributed by atoms with E-state index in [2.05, 4.69) is 4.98 Å². The Morgan fingerprint density at radius 3 is 2.46 bits per heavy atom. The van der Waals surface area contributed by atoms with Crippen LogP contribution >= 0.6 is 11.3 Å². The number of rotatable bonds is 10. The molecule has 0 atom stereocenters. The number of ether oxygens (including phenoxy) is 2. The summed E-state index contributed by atoms with van der Waals surface area (Å²) in [6.45, 7) is 2.37. The van der Waals surface area contributed by atoms with Crippen molar-refractivity contribution in [1.82, 2.24) is 4.98 Å². The van der Waals surface area contributed by atoms with E-state index in [0.29, 0.717) is 6.42 Å². The third-order valence-electron chi connectivity index (χ3n) is 5.08. The van der Waals surface area contributed by atoms with Crippen molar-refractivity contribution in [3.05, 3.63) is 59.0 Å². The molecule has 0 aliphatic rings. The number of esters is 1. The van der Waals surface area contributed by atoms with Gasteiger partial charge in [0.25, 0.3) is 5.91 Å². The SMILES string of the molecule is CCCCCOc1ccc(N(C(=O)COC(C)=O)c2nc(-c3ccc(F)c(F)c3)cs2)cc1C(F)(F)F. The van der Waals surface area contributed by atoms with Crippen molar-refractivity contribution in [3.63, 3.8) is 0 Å². The first-order valence-electron chi connectivity index (χ1n) is 11.2. The largest absolute Gasteiger partial charge is 0.493 e. The van der Waals surface area contributed by atoms with Crippen LogP contribution in [0.15, 0.2) is 41.8 Å². The highest BCUT2D eigenvalue weighted by atomic mass is 32.1. The monoisotopic (exact) mass is 542 g/mol. The summed E-state index contributed by atoms with van der Waals surface area (Å²) in [5, 5.41) is 1.37. The van der Waals surface area contributed by atoms with E-state index in [1.807, 2.05) is 6.92 Å². The Morgan fingerprint density at radius 1 is 1.05 bits per heavy atom. The topological polar surface area (TPSA) is 68.7 Å². The predicted octanol–water partition coefficient (Wildman–Crippen LogP) is 6.90. The molecular weight excluding hydrogens is 519 g/mol. The van der Waals surface area contributed by atoms with Gasteiger partial charge >= 0.3 is 12.1 Å². The van der Waals surface area contributed by atoms with Gasteiger partial charge in [-0.3, -0.25) is 14.5 Å². The number of carbonyl (C=O) groups is 2. The number of anilines is 2. The molecule has 37 heavy (non-hydrogen) atoms. The molecule has 3 aromatic rings. The second-order valence-electron chi connectivity index (χ2n) is 7.89. The summed E-state index contributed by atoms with van der Waals surface area (Å²) in [5.74, 6) is -4.19. The van der Waals surface area contributed by atoms with E-state index in [1.165, 1.54) is 17.5 Å². The van der Waals surface area contributed by atoms with Gasteiger partial charge in [-0.1, -0.05) is 19.8 Å². The number of carbonyl (C=O) groups excluding carboxylic acids is 2. The Bertz CT molecular complexity index is 1260. The van der Waals surface area contributed by atoms with Crippen LogP contribution in [-0.4, -0.2) is 30.1 Å². The van der Waals surface area contributed by atoms with Crippen molar-refractivity contribution in [2.45, 2.75) is 39.3 Å². The average Bonchev–Trinajstić information content (AvgIpc) is 3.32. The molecule has 0 unspecified atom stereocenters. The van der Waals surface area contributed by atoms with Gasteiger partial charge in [-0.15, -0.1) is 11.3 Å². The van der Waals surface area contributed by atoms with Crippen LogP contribution in [0.4, 0.5) is 32.8 Å². The van der Waals surface area contributed by atoms with Gasteiger partial charge in [0.1, 0.15) is 5.75 Å². The smallest absolute Gasteiger partial charge is 0.420 e. The number of halogens is 5.